The lowest BCUT2D eigenvalue weighted by atomic mass is 10.1. The van der Waals surface area contributed by atoms with Crippen molar-refractivity contribution < 1.29 is 22.4 Å². The highest BCUT2D eigenvalue weighted by Gasteiger charge is 2.30. The summed E-state index contributed by atoms with van der Waals surface area (Å²) in [6.07, 6.45) is 4.84. The van der Waals surface area contributed by atoms with Gasteiger partial charge in [0.15, 0.2) is 15.6 Å². The fourth-order valence-electron chi connectivity index (χ4n) is 3.91. The van der Waals surface area contributed by atoms with Crippen LogP contribution in [0.25, 0.3) is 0 Å². The molecule has 1 atom stereocenters. The summed E-state index contributed by atoms with van der Waals surface area (Å²) in [7, 11) is -3.28. The van der Waals surface area contributed by atoms with E-state index >= 15 is 0 Å². The molecule has 1 unspecified atom stereocenters. The second-order valence-electron chi connectivity index (χ2n) is 7.48. The summed E-state index contributed by atoms with van der Waals surface area (Å²) in [5.41, 5.74) is 1.58. The number of furan rings is 1. The van der Waals surface area contributed by atoms with E-state index in [-0.39, 0.29) is 22.9 Å². The molecule has 1 fully saturated rings. The minimum atomic E-state index is -3.28. The summed E-state index contributed by atoms with van der Waals surface area (Å²) in [6.45, 7) is 1.56. The van der Waals surface area contributed by atoms with E-state index in [1.54, 1.807) is 34.1 Å². The number of likely N-dealkylation sites (tertiary alicyclic amines) is 1. The zero-order valence-corrected chi connectivity index (χ0v) is 16.9. The van der Waals surface area contributed by atoms with Crippen LogP contribution in [0.3, 0.4) is 0 Å². The van der Waals surface area contributed by atoms with Crippen LogP contribution in [0.4, 0.5) is 10.5 Å². The maximum absolute atomic E-state index is 12.8. The molecule has 154 valence electrons. The lowest BCUT2D eigenvalue weighted by Gasteiger charge is -2.33. The molecule has 1 saturated heterocycles. The van der Waals surface area contributed by atoms with Gasteiger partial charge in [0.25, 0.3) is 5.91 Å². The molecule has 0 spiro atoms. The Morgan fingerprint density at radius 2 is 2.03 bits per heavy atom. The fraction of sp³-hybridized carbons (Fsp3) is 0.400. The molecule has 1 aromatic carbocycles. The lowest BCUT2D eigenvalue weighted by molar-refractivity contribution is 0.0666. The third-order valence-corrected chi connectivity index (χ3v) is 6.50. The number of sulfone groups is 1. The number of anilines is 1. The third-order valence-electron chi connectivity index (χ3n) is 5.39. The predicted octanol–water partition coefficient (Wildman–Crippen LogP) is 2.06. The second-order valence-corrected chi connectivity index (χ2v) is 9.50. The molecule has 4 rings (SSSR count). The minimum Gasteiger partial charge on any atom is -0.459 e. The number of carbonyl (C=O) groups excluding carboxylic acids is 2. The van der Waals surface area contributed by atoms with Gasteiger partial charge in [-0.1, -0.05) is 0 Å². The molecule has 0 aliphatic carbocycles. The molecular weight excluding hydrogens is 394 g/mol. The Kier molecular flexibility index (Phi) is 5.08. The first-order valence-electron chi connectivity index (χ1n) is 9.57. The average molecular weight is 417 g/mol. The number of benzene rings is 1. The predicted molar refractivity (Wildman–Crippen MR) is 107 cm³/mol. The van der Waals surface area contributed by atoms with E-state index in [2.05, 4.69) is 5.32 Å². The van der Waals surface area contributed by atoms with Crippen LogP contribution in [-0.2, 0) is 16.3 Å². The second kappa shape index (κ2) is 7.55. The van der Waals surface area contributed by atoms with Crippen molar-refractivity contribution in [3.63, 3.8) is 0 Å². The first-order chi connectivity index (χ1) is 13.8. The average Bonchev–Trinajstić information content (AvgIpc) is 3.36. The maximum Gasteiger partial charge on any atom is 0.322 e. The number of rotatable bonds is 3. The Bertz CT molecular complexity index is 1030. The van der Waals surface area contributed by atoms with Gasteiger partial charge in [0, 0.05) is 37.6 Å². The largest absolute Gasteiger partial charge is 0.459 e. The van der Waals surface area contributed by atoms with Gasteiger partial charge in [-0.2, -0.15) is 0 Å². The highest BCUT2D eigenvalue weighted by molar-refractivity contribution is 7.90. The number of hydrogen-bond donors (Lipinski definition) is 1. The van der Waals surface area contributed by atoms with E-state index in [0.29, 0.717) is 31.8 Å². The van der Waals surface area contributed by atoms with Crippen molar-refractivity contribution in [2.24, 2.45) is 0 Å². The van der Waals surface area contributed by atoms with Gasteiger partial charge in [0.2, 0.25) is 0 Å². The molecule has 2 aromatic rings. The molecule has 3 heterocycles. The van der Waals surface area contributed by atoms with Gasteiger partial charge in [-0.3, -0.25) is 9.69 Å². The van der Waals surface area contributed by atoms with Gasteiger partial charge >= 0.3 is 6.03 Å². The number of amides is 3. The Labute approximate surface area is 169 Å². The van der Waals surface area contributed by atoms with Crippen LogP contribution in [-0.4, -0.2) is 57.2 Å². The van der Waals surface area contributed by atoms with Crippen molar-refractivity contribution in [1.82, 2.24) is 10.2 Å². The van der Waals surface area contributed by atoms with E-state index in [9.17, 15) is 18.0 Å². The van der Waals surface area contributed by atoms with Gasteiger partial charge in [0.1, 0.15) is 0 Å². The van der Waals surface area contributed by atoms with Crippen LogP contribution in [0.5, 0.6) is 0 Å². The Balaban J connectivity index is 1.42. The van der Waals surface area contributed by atoms with E-state index in [1.807, 2.05) is 0 Å². The normalized spacial score (nSPS) is 19.1. The molecule has 8 nitrogen and oxygen atoms in total. The maximum atomic E-state index is 12.8. The summed E-state index contributed by atoms with van der Waals surface area (Å²) in [5, 5.41) is 3.02. The molecule has 0 saturated carbocycles. The number of fused-ring (bicyclic) bond motifs is 1. The van der Waals surface area contributed by atoms with Gasteiger partial charge in [-0.15, -0.1) is 0 Å². The SMILES string of the molecule is CS(=O)(=O)c1ccc2c(c1)CCN2C(=O)NC1CCCN(C(=O)c2ccco2)C1. The number of hydrogen-bond acceptors (Lipinski definition) is 5. The van der Waals surface area contributed by atoms with E-state index < -0.39 is 9.84 Å². The third kappa shape index (κ3) is 4.00. The van der Waals surface area contributed by atoms with Crippen molar-refractivity contribution in [3.8, 4) is 0 Å². The zero-order valence-electron chi connectivity index (χ0n) is 16.1. The molecule has 1 aromatic heterocycles. The monoisotopic (exact) mass is 417 g/mol. The van der Waals surface area contributed by atoms with Crippen molar-refractivity contribution in [1.29, 1.82) is 0 Å². The summed E-state index contributed by atoms with van der Waals surface area (Å²) in [5.74, 6) is 0.126. The highest BCUT2D eigenvalue weighted by Crippen LogP contribution is 2.30. The Morgan fingerprint density at radius 1 is 1.21 bits per heavy atom. The van der Waals surface area contributed by atoms with Crippen molar-refractivity contribution >= 4 is 27.5 Å². The van der Waals surface area contributed by atoms with E-state index in [4.69, 9.17) is 4.42 Å². The number of urea groups is 1. The fourth-order valence-corrected chi connectivity index (χ4v) is 4.58. The first-order valence-corrected chi connectivity index (χ1v) is 11.5. The van der Waals surface area contributed by atoms with Gasteiger partial charge in [-0.25, -0.2) is 13.2 Å². The number of nitrogens with zero attached hydrogens (tertiary/aromatic N) is 2. The molecular formula is C20H23N3O5S. The van der Waals surface area contributed by atoms with Crippen LogP contribution < -0.4 is 10.2 Å². The van der Waals surface area contributed by atoms with Crippen molar-refractivity contribution in [2.45, 2.75) is 30.2 Å². The molecule has 1 N–H and O–H groups in total. The summed E-state index contributed by atoms with van der Waals surface area (Å²) >= 11 is 0. The zero-order chi connectivity index (χ0) is 20.6. The van der Waals surface area contributed by atoms with Gasteiger partial charge in [-0.05, 0) is 55.2 Å². The first kappa shape index (κ1) is 19.5. The quantitative estimate of drug-likeness (QED) is 0.824. The summed E-state index contributed by atoms with van der Waals surface area (Å²) in [6, 6.07) is 7.80. The highest BCUT2D eigenvalue weighted by atomic mass is 32.2. The molecule has 2 aliphatic heterocycles. The Hall–Kier alpha value is -2.81. The van der Waals surface area contributed by atoms with Crippen LogP contribution in [0.1, 0.15) is 29.0 Å². The summed E-state index contributed by atoms with van der Waals surface area (Å²) < 4.78 is 28.7. The molecule has 3 amide bonds. The van der Waals surface area contributed by atoms with Crippen molar-refractivity contribution in [3.05, 3.63) is 47.9 Å². The van der Waals surface area contributed by atoms with Gasteiger partial charge < -0.3 is 14.6 Å². The topological polar surface area (TPSA) is 99.9 Å². The van der Waals surface area contributed by atoms with E-state index in [1.165, 1.54) is 18.6 Å². The Morgan fingerprint density at radius 3 is 2.76 bits per heavy atom. The lowest BCUT2D eigenvalue weighted by Crippen LogP contribution is -2.52. The molecule has 0 bridgehead atoms. The molecule has 2 aliphatic rings. The van der Waals surface area contributed by atoms with Crippen LogP contribution in [0, 0.1) is 0 Å². The smallest absolute Gasteiger partial charge is 0.322 e. The number of carbonyl (C=O) groups is 2. The van der Waals surface area contributed by atoms with E-state index in [0.717, 1.165) is 24.1 Å². The standard InChI is InChI=1S/C20H23N3O5S/c1-29(26,27)16-6-7-17-14(12-16)8-10-23(17)20(25)21-15-4-2-9-22(13-15)19(24)18-5-3-11-28-18/h3,5-7,11-12,15H,2,4,8-10,13H2,1H3,(H,21,25). The van der Waals surface area contributed by atoms with Crippen LogP contribution in [0.15, 0.2) is 45.9 Å². The van der Waals surface area contributed by atoms with Crippen LogP contribution in [0.2, 0.25) is 0 Å². The molecule has 29 heavy (non-hydrogen) atoms. The molecule has 0 radical (unpaired) electrons. The van der Waals surface area contributed by atoms with Crippen molar-refractivity contribution in [2.75, 3.05) is 30.8 Å². The minimum absolute atomic E-state index is 0.144. The number of piperidine rings is 1. The van der Waals surface area contributed by atoms with Gasteiger partial charge in [0.05, 0.1) is 11.2 Å². The molecule has 9 heteroatoms. The van der Waals surface area contributed by atoms with Crippen LogP contribution >= 0.6 is 0 Å². The summed E-state index contributed by atoms with van der Waals surface area (Å²) in [4.78, 5) is 28.9. The number of nitrogens with one attached hydrogen (secondary N) is 1.